The molecule has 4 heterocycles. The Morgan fingerprint density at radius 3 is 2.79 bits per heavy atom. The SMILES string of the molecule is O=C(CSc1nnc(CC2CCS(=O)(=O)C2)o1)c1c[nH]c(C(=O)N2CCCC2)c1. The van der Waals surface area contributed by atoms with Crippen LogP contribution in [0.4, 0.5) is 0 Å². The summed E-state index contributed by atoms with van der Waals surface area (Å²) in [4.78, 5) is 29.4. The summed E-state index contributed by atoms with van der Waals surface area (Å²) in [6, 6.07) is 1.59. The Bertz CT molecular complexity index is 1010. The number of Topliss-reactive ketones (excluding diaryl/α,β-unsaturated/α-hetero) is 1. The van der Waals surface area contributed by atoms with Gasteiger partial charge in [-0.05, 0) is 31.2 Å². The van der Waals surface area contributed by atoms with Crippen LogP contribution >= 0.6 is 11.8 Å². The molecule has 156 valence electrons. The minimum absolute atomic E-state index is 0.00588. The van der Waals surface area contributed by atoms with E-state index in [0.29, 0.717) is 30.0 Å². The summed E-state index contributed by atoms with van der Waals surface area (Å²) in [6.07, 6.45) is 4.61. The van der Waals surface area contributed by atoms with E-state index >= 15 is 0 Å². The van der Waals surface area contributed by atoms with E-state index in [2.05, 4.69) is 15.2 Å². The zero-order valence-electron chi connectivity index (χ0n) is 15.8. The van der Waals surface area contributed by atoms with Crippen molar-refractivity contribution in [1.29, 1.82) is 0 Å². The van der Waals surface area contributed by atoms with Crippen molar-refractivity contribution in [1.82, 2.24) is 20.1 Å². The van der Waals surface area contributed by atoms with Gasteiger partial charge in [0.2, 0.25) is 5.89 Å². The van der Waals surface area contributed by atoms with E-state index in [9.17, 15) is 18.0 Å². The van der Waals surface area contributed by atoms with Crippen LogP contribution in [0.3, 0.4) is 0 Å². The van der Waals surface area contributed by atoms with Crippen molar-refractivity contribution in [3.8, 4) is 0 Å². The average molecular weight is 439 g/mol. The molecule has 2 aliphatic heterocycles. The first-order valence-electron chi connectivity index (χ1n) is 9.56. The fourth-order valence-electron chi connectivity index (χ4n) is 3.64. The van der Waals surface area contributed by atoms with E-state index in [-0.39, 0.29) is 40.1 Å². The number of H-pyrrole nitrogens is 1. The van der Waals surface area contributed by atoms with Crippen molar-refractivity contribution >= 4 is 33.3 Å². The fourth-order valence-corrected chi connectivity index (χ4v) is 6.18. The first-order valence-corrected chi connectivity index (χ1v) is 12.4. The Kier molecular flexibility index (Phi) is 5.77. The first kappa shape index (κ1) is 20.1. The monoisotopic (exact) mass is 438 g/mol. The minimum atomic E-state index is -2.94. The number of nitrogens with one attached hydrogen (secondary N) is 1. The minimum Gasteiger partial charge on any atom is -0.416 e. The van der Waals surface area contributed by atoms with Crippen LogP contribution in [0.25, 0.3) is 0 Å². The third-order valence-corrected chi connectivity index (χ3v) is 7.85. The molecule has 9 nitrogen and oxygen atoms in total. The van der Waals surface area contributed by atoms with Gasteiger partial charge in [-0.2, -0.15) is 0 Å². The maximum Gasteiger partial charge on any atom is 0.277 e. The van der Waals surface area contributed by atoms with Gasteiger partial charge in [-0.3, -0.25) is 9.59 Å². The lowest BCUT2D eigenvalue weighted by molar-refractivity contribution is 0.0787. The molecule has 0 saturated carbocycles. The van der Waals surface area contributed by atoms with E-state index < -0.39 is 9.84 Å². The normalized spacial score (nSPS) is 21.0. The number of hydrogen-bond acceptors (Lipinski definition) is 8. The van der Waals surface area contributed by atoms with Gasteiger partial charge in [0.15, 0.2) is 15.6 Å². The Morgan fingerprint density at radius 1 is 1.28 bits per heavy atom. The van der Waals surface area contributed by atoms with Crippen molar-refractivity contribution in [2.24, 2.45) is 5.92 Å². The summed E-state index contributed by atoms with van der Waals surface area (Å²) < 4.78 is 28.6. The zero-order chi connectivity index (χ0) is 20.4. The smallest absolute Gasteiger partial charge is 0.277 e. The summed E-state index contributed by atoms with van der Waals surface area (Å²) in [5, 5.41) is 8.15. The highest BCUT2D eigenvalue weighted by atomic mass is 32.2. The van der Waals surface area contributed by atoms with Gasteiger partial charge in [-0.25, -0.2) is 8.42 Å². The van der Waals surface area contributed by atoms with Gasteiger partial charge < -0.3 is 14.3 Å². The number of likely N-dealkylation sites (tertiary alicyclic amines) is 1. The summed E-state index contributed by atoms with van der Waals surface area (Å²) in [5.74, 6) is 0.643. The summed E-state index contributed by atoms with van der Waals surface area (Å²) >= 11 is 1.13. The topological polar surface area (TPSA) is 126 Å². The molecule has 0 bridgehead atoms. The summed E-state index contributed by atoms with van der Waals surface area (Å²) in [5.41, 5.74) is 0.864. The number of thioether (sulfide) groups is 1. The molecular formula is C18H22N4O5S2. The van der Waals surface area contributed by atoms with Crippen molar-refractivity contribution in [2.75, 3.05) is 30.3 Å². The Balaban J connectivity index is 1.29. The van der Waals surface area contributed by atoms with Gasteiger partial charge in [-0.1, -0.05) is 11.8 Å². The molecule has 2 aliphatic rings. The molecule has 2 aromatic rings. The predicted molar refractivity (Wildman–Crippen MR) is 106 cm³/mol. The summed E-state index contributed by atoms with van der Waals surface area (Å²) in [7, 11) is -2.94. The second kappa shape index (κ2) is 8.31. The maximum atomic E-state index is 12.4. The van der Waals surface area contributed by atoms with Crippen LogP contribution in [0, 0.1) is 5.92 Å². The van der Waals surface area contributed by atoms with Crippen molar-refractivity contribution in [3.05, 3.63) is 29.4 Å². The van der Waals surface area contributed by atoms with Gasteiger partial charge in [-0.15, -0.1) is 10.2 Å². The number of sulfone groups is 1. The van der Waals surface area contributed by atoms with Crippen LogP contribution in [0.5, 0.6) is 0 Å². The average Bonchev–Trinajstić information content (AvgIpc) is 3.47. The highest BCUT2D eigenvalue weighted by Crippen LogP contribution is 2.24. The van der Waals surface area contributed by atoms with Crippen LogP contribution in [0.2, 0.25) is 0 Å². The van der Waals surface area contributed by atoms with Crippen molar-refractivity contribution < 1.29 is 22.4 Å². The van der Waals surface area contributed by atoms with Crippen molar-refractivity contribution in [3.63, 3.8) is 0 Å². The van der Waals surface area contributed by atoms with Crippen LogP contribution in [-0.4, -0.2) is 70.5 Å². The van der Waals surface area contributed by atoms with Crippen LogP contribution < -0.4 is 0 Å². The van der Waals surface area contributed by atoms with Gasteiger partial charge >= 0.3 is 0 Å². The molecule has 0 spiro atoms. The number of nitrogens with zero attached hydrogens (tertiary/aromatic N) is 3. The van der Waals surface area contributed by atoms with Crippen molar-refractivity contribution in [2.45, 2.75) is 30.9 Å². The Morgan fingerprint density at radius 2 is 2.07 bits per heavy atom. The lowest BCUT2D eigenvalue weighted by Crippen LogP contribution is -2.27. The molecule has 1 atom stereocenters. The largest absolute Gasteiger partial charge is 0.416 e. The molecule has 2 aromatic heterocycles. The molecule has 2 fully saturated rings. The highest BCUT2D eigenvalue weighted by Gasteiger charge is 2.29. The third kappa shape index (κ3) is 4.89. The van der Waals surface area contributed by atoms with Crippen LogP contribution in [-0.2, 0) is 16.3 Å². The fraction of sp³-hybridized carbons (Fsp3) is 0.556. The summed E-state index contributed by atoms with van der Waals surface area (Å²) in [6.45, 7) is 1.51. The third-order valence-electron chi connectivity index (χ3n) is 5.19. The molecule has 29 heavy (non-hydrogen) atoms. The number of amides is 1. The molecule has 11 heteroatoms. The molecular weight excluding hydrogens is 416 g/mol. The van der Waals surface area contributed by atoms with E-state index in [0.717, 1.165) is 37.7 Å². The number of ketones is 1. The number of carbonyl (C=O) groups is 2. The van der Waals surface area contributed by atoms with Gasteiger partial charge in [0.1, 0.15) is 5.69 Å². The number of hydrogen-bond donors (Lipinski definition) is 1. The molecule has 0 radical (unpaired) electrons. The predicted octanol–water partition coefficient (Wildman–Crippen LogP) is 1.59. The van der Waals surface area contributed by atoms with E-state index in [4.69, 9.17) is 4.42 Å². The van der Waals surface area contributed by atoms with Crippen LogP contribution in [0.1, 0.15) is 46.0 Å². The molecule has 0 aromatic carbocycles. The molecule has 1 amide bonds. The first-order chi connectivity index (χ1) is 13.9. The number of aromatic amines is 1. The Hall–Kier alpha value is -2.14. The highest BCUT2D eigenvalue weighted by molar-refractivity contribution is 7.99. The second-order valence-corrected chi connectivity index (χ2v) is 10.6. The lowest BCUT2D eigenvalue weighted by Gasteiger charge is -2.13. The number of rotatable bonds is 7. The molecule has 1 N–H and O–H groups in total. The van der Waals surface area contributed by atoms with E-state index in [1.54, 1.807) is 17.2 Å². The maximum absolute atomic E-state index is 12.4. The number of aromatic nitrogens is 3. The lowest BCUT2D eigenvalue weighted by atomic mass is 10.1. The standard InChI is InChI=1S/C18H22N4O5S2/c23-15(13-8-14(19-9-13)17(24)22-4-1-2-5-22)10-28-18-21-20-16(27-18)7-12-3-6-29(25,26)11-12/h8-9,12,19H,1-7,10-11H2. The quantitative estimate of drug-likeness (QED) is 0.510. The van der Waals surface area contributed by atoms with E-state index in [1.165, 1.54) is 0 Å². The molecule has 2 saturated heterocycles. The van der Waals surface area contributed by atoms with Crippen LogP contribution in [0.15, 0.2) is 21.9 Å². The van der Waals surface area contributed by atoms with Gasteiger partial charge in [0.25, 0.3) is 11.1 Å². The molecule has 1 unspecified atom stereocenters. The number of carbonyl (C=O) groups excluding carboxylic acids is 2. The van der Waals surface area contributed by atoms with Gasteiger partial charge in [0.05, 0.1) is 17.3 Å². The zero-order valence-corrected chi connectivity index (χ0v) is 17.4. The second-order valence-electron chi connectivity index (χ2n) is 7.45. The molecule has 4 rings (SSSR count). The molecule has 0 aliphatic carbocycles. The van der Waals surface area contributed by atoms with E-state index in [1.807, 2.05) is 0 Å². The Labute approximate surface area is 172 Å². The van der Waals surface area contributed by atoms with Gasteiger partial charge in [0, 0.05) is 31.3 Å².